The Labute approximate surface area is 118 Å². The highest BCUT2D eigenvalue weighted by Crippen LogP contribution is 2.33. The van der Waals surface area contributed by atoms with Crippen LogP contribution in [-0.2, 0) is 0 Å². The molecule has 1 N–H and O–H groups in total. The van der Waals surface area contributed by atoms with Crippen LogP contribution in [0.1, 0.15) is 57.7 Å². The van der Waals surface area contributed by atoms with E-state index in [1.54, 1.807) is 0 Å². The quantitative estimate of drug-likeness (QED) is 0.874. The highest BCUT2D eigenvalue weighted by atomic mass is 15.3. The molecule has 106 valence electrons. The fourth-order valence-corrected chi connectivity index (χ4v) is 3.13. The third-order valence-electron chi connectivity index (χ3n) is 4.08. The van der Waals surface area contributed by atoms with Crippen molar-refractivity contribution >= 4 is 0 Å². The summed E-state index contributed by atoms with van der Waals surface area (Å²) in [5, 5.41) is 3.56. The van der Waals surface area contributed by atoms with Crippen LogP contribution in [0.3, 0.4) is 0 Å². The van der Waals surface area contributed by atoms with Gasteiger partial charge in [0.2, 0.25) is 0 Å². The summed E-state index contributed by atoms with van der Waals surface area (Å²) in [4.78, 5) is 2.64. The van der Waals surface area contributed by atoms with Crippen molar-refractivity contribution in [3.63, 3.8) is 0 Å². The minimum Gasteiger partial charge on any atom is -0.314 e. The molecule has 2 nitrogen and oxygen atoms in total. The third kappa shape index (κ3) is 3.18. The molecular formula is C17H28N2. The molecule has 0 radical (unpaired) electrons. The predicted octanol–water partition coefficient (Wildman–Crippen LogP) is 3.55. The van der Waals surface area contributed by atoms with Gasteiger partial charge in [-0.3, -0.25) is 4.90 Å². The van der Waals surface area contributed by atoms with Gasteiger partial charge in [0.25, 0.3) is 0 Å². The fourth-order valence-electron chi connectivity index (χ4n) is 3.13. The molecule has 0 aliphatic carbocycles. The molecule has 0 amide bonds. The molecule has 1 aliphatic heterocycles. The Balaban J connectivity index is 2.38. The lowest BCUT2D eigenvalue weighted by Crippen LogP contribution is -2.53. The van der Waals surface area contributed by atoms with E-state index in [0.29, 0.717) is 12.0 Å². The van der Waals surface area contributed by atoms with Gasteiger partial charge in [0.1, 0.15) is 0 Å². The van der Waals surface area contributed by atoms with E-state index in [0.717, 1.165) is 19.6 Å². The van der Waals surface area contributed by atoms with E-state index in [4.69, 9.17) is 0 Å². The maximum Gasteiger partial charge on any atom is 0.0481 e. The van der Waals surface area contributed by atoms with E-state index >= 15 is 0 Å². The first-order chi connectivity index (χ1) is 8.91. The van der Waals surface area contributed by atoms with Crippen molar-refractivity contribution in [2.24, 2.45) is 0 Å². The van der Waals surface area contributed by atoms with Gasteiger partial charge in [0, 0.05) is 31.2 Å². The van der Waals surface area contributed by atoms with E-state index in [9.17, 15) is 0 Å². The standard InChI is InChI=1S/C17H28N2/c1-13(2)14-8-6-7-9-15(14)16-12-18-10-11-19(16)17(3,4)5/h6-9,13,16,18H,10-12H2,1-5H3. The van der Waals surface area contributed by atoms with Crippen LogP contribution in [0.15, 0.2) is 24.3 Å². The molecule has 1 unspecified atom stereocenters. The maximum absolute atomic E-state index is 3.56. The molecule has 2 heteroatoms. The molecule has 0 bridgehead atoms. The lowest BCUT2D eigenvalue weighted by molar-refractivity contribution is 0.0601. The molecule has 1 aromatic rings. The SMILES string of the molecule is CC(C)c1ccccc1C1CNCCN1C(C)(C)C. The third-order valence-corrected chi connectivity index (χ3v) is 4.08. The van der Waals surface area contributed by atoms with E-state index in [-0.39, 0.29) is 5.54 Å². The van der Waals surface area contributed by atoms with Gasteiger partial charge in [-0.15, -0.1) is 0 Å². The second kappa shape index (κ2) is 5.64. The van der Waals surface area contributed by atoms with E-state index in [1.165, 1.54) is 11.1 Å². The minimum atomic E-state index is 0.219. The molecule has 0 aromatic heterocycles. The highest BCUT2D eigenvalue weighted by molar-refractivity contribution is 5.33. The molecule has 1 fully saturated rings. The summed E-state index contributed by atoms with van der Waals surface area (Å²) in [6, 6.07) is 9.43. The number of rotatable bonds is 2. The summed E-state index contributed by atoms with van der Waals surface area (Å²) in [5.41, 5.74) is 3.21. The van der Waals surface area contributed by atoms with Crippen LogP contribution < -0.4 is 5.32 Å². The number of hydrogen-bond acceptors (Lipinski definition) is 2. The van der Waals surface area contributed by atoms with Gasteiger partial charge < -0.3 is 5.32 Å². The summed E-state index contributed by atoms with van der Waals surface area (Å²) in [5.74, 6) is 0.583. The topological polar surface area (TPSA) is 15.3 Å². The number of nitrogens with zero attached hydrogens (tertiary/aromatic N) is 1. The second-order valence-corrected chi connectivity index (χ2v) is 6.87. The van der Waals surface area contributed by atoms with Crippen LogP contribution in [0.2, 0.25) is 0 Å². The van der Waals surface area contributed by atoms with Crippen molar-refractivity contribution in [2.45, 2.75) is 52.1 Å². The molecule has 2 rings (SSSR count). The molecule has 1 atom stereocenters. The first-order valence-electron chi connectivity index (χ1n) is 7.47. The van der Waals surface area contributed by atoms with Crippen molar-refractivity contribution in [3.8, 4) is 0 Å². The van der Waals surface area contributed by atoms with Gasteiger partial charge in [-0.05, 0) is 37.8 Å². The maximum atomic E-state index is 3.56. The summed E-state index contributed by atoms with van der Waals surface area (Å²) in [7, 11) is 0. The number of piperazine rings is 1. The Morgan fingerprint density at radius 1 is 1.21 bits per heavy atom. The molecule has 1 aliphatic rings. The molecular weight excluding hydrogens is 232 g/mol. The Bertz CT molecular complexity index is 418. The molecule has 1 saturated heterocycles. The van der Waals surface area contributed by atoms with Crippen LogP contribution in [0.5, 0.6) is 0 Å². The summed E-state index contributed by atoms with van der Waals surface area (Å²) in [6.45, 7) is 14.8. The van der Waals surface area contributed by atoms with Gasteiger partial charge >= 0.3 is 0 Å². The van der Waals surface area contributed by atoms with Crippen LogP contribution in [-0.4, -0.2) is 30.1 Å². The Hall–Kier alpha value is -0.860. The molecule has 0 saturated carbocycles. The Morgan fingerprint density at radius 3 is 2.53 bits per heavy atom. The van der Waals surface area contributed by atoms with E-state index in [2.05, 4.69) is 69.1 Å². The van der Waals surface area contributed by atoms with E-state index in [1.807, 2.05) is 0 Å². The van der Waals surface area contributed by atoms with Crippen molar-refractivity contribution in [2.75, 3.05) is 19.6 Å². The first kappa shape index (κ1) is 14.5. The number of nitrogens with one attached hydrogen (secondary N) is 1. The predicted molar refractivity (Wildman–Crippen MR) is 82.6 cm³/mol. The van der Waals surface area contributed by atoms with Crippen molar-refractivity contribution in [1.29, 1.82) is 0 Å². The summed E-state index contributed by atoms with van der Waals surface area (Å²) >= 11 is 0. The van der Waals surface area contributed by atoms with Gasteiger partial charge in [0.15, 0.2) is 0 Å². The summed E-state index contributed by atoms with van der Waals surface area (Å²) < 4.78 is 0. The van der Waals surface area contributed by atoms with E-state index < -0.39 is 0 Å². The van der Waals surface area contributed by atoms with Gasteiger partial charge in [-0.25, -0.2) is 0 Å². The van der Waals surface area contributed by atoms with Gasteiger partial charge in [-0.2, -0.15) is 0 Å². The lowest BCUT2D eigenvalue weighted by Gasteiger charge is -2.45. The lowest BCUT2D eigenvalue weighted by atomic mass is 9.89. The zero-order valence-corrected chi connectivity index (χ0v) is 13.0. The molecule has 0 spiro atoms. The average Bonchev–Trinajstić information content (AvgIpc) is 2.37. The monoisotopic (exact) mass is 260 g/mol. The number of hydrogen-bond donors (Lipinski definition) is 1. The molecule has 1 heterocycles. The van der Waals surface area contributed by atoms with Crippen LogP contribution >= 0.6 is 0 Å². The van der Waals surface area contributed by atoms with Crippen molar-refractivity contribution < 1.29 is 0 Å². The molecule has 1 aromatic carbocycles. The van der Waals surface area contributed by atoms with Gasteiger partial charge in [0.05, 0.1) is 0 Å². The molecule has 19 heavy (non-hydrogen) atoms. The smallest absolute Gasteiger partial charge is 0.0481 e. The highest BCUT2D eigenvalue weighted by Gasteiger charge is 2.33. The average molecular weight is 260 g/mol. The van der Waals surface area contributed by atoms with Crippen LogP contribution in [0.4, 0.5) is 0 Å². The van der Waals surface area contributed by atoms with Crippen LogP contribution in [0.25, 0.3) is 0 Å². The minimum absolute atomic E-state index is 0.219. The van der Waals surface area contributed by atoms with Gasteiger partial charge in [-0.1, -0.05) is 38.1 Å². The fraction of sp³-hybridized carbons (Fsp3) is 0.647. The van der Waals surface area contributed by atoms with Crippen molar-refractivity contribution in [3.05, 3.63) is 35.4 Å². The first-order valence-corrected chi connectivity index (χ1v) is 7.47. The zero-order chi connectivity index (χ0) is 14.0. The Morgan fingerprint density at radius 2 is 1.89 bits per heavy atom. The Kier molecular flexibility index (Phi) is 4.32. The number of benzene rings is 1. The largest absolute Gasteiger partial charge is 0.314 e. The zero-order valence-electron chi connectivity index (χ0n) is 13.0. The van der Waals surface area contributed by atoms with Crippen LogP contribution in [0, 0.1) is 0 Å². The second-order valence-electron chi connectivity index (χ2n) is 6.87. The van der Waals surface area contributed by atoms with Crippen molar-refractivity contribution in [1.82, 2.24) is 10.2 Å². The summed E-state index contributed by atoms with van der Waals surface area (Å²) in [6.07, 6.45) is 0. The normalized spacial score (nSPS) is 21.9.